The van der Waals surface area contributed by atoms with Crippen LogP contribution in [0.3, 0.4) is 0 Å². The van der Waals surface area contributed by atoms with Crippen molar-refractivity contribution in [2.75, 3.05) is 39.3 Å². The van der Waals surface area contributed by atoms with Crippen LogP contribution in [0.25, 0.3) is 0 Å². The molecule has 2 heterocycles. The van der Waals surface area contributed by atoms with E-state index < -0.39 is 0 Å². The number of nitrogens with zero attached hydrogens (tertiary/aromatic N) is 3. The lowest BCUT2D eigenvalue weighted by molar-refractivity contribution is 0.0657. The van der Waals surface area contributed by atoms with Crippen LogP contribution in [-0.4, -0.2) is 61.0 Å². The number of furan rings is 1. The summed E-state index contributed by atoms with van der Waals surface area (Å²) in [6.07, 6.45) is 1.53. The molecule has 1 aliphatic heterocycles. The smallest absolute Gasteiger partial charge is 0.289 e. The zero-order valence-corrected chi connectivity index (χ0v) is 18.1. The first-order valence-electron chi connectivity index (χ1n) is 10.6. The van der Waals surface area contributed by atoms with Crippen LogP contribution in [0, 0.1) is 5.92 Å². The van der Waals surface area contributed by atoms with Crippen molar-refractivity contribution >= 4 is 11.9 Å². The molecule has 2 aromatic rings. The van der Waals surface area contributed by atoms with Crippen molar-refractivity contribution in [1.29, 1.82) is 0 Å². The molecule has 162 valence electrons. The fourth-order valence-corrected chi connectivity index (χ4v) is 3.22. The molecule has 1 fully saturated rings. The quantitative estimate of drug-likeness (QED) is 0.558. The van der Waals surface area contributed by atoms with E-state index in [4.69, 9.17) is 14.1 Å². The molecule has 1 aromatic carbocycles. The molecule has 30 heavy (non-hydrogen) atoms. The summed E-state index contributed by atoms with van der Waals surface area (Å²) in [5.74, 6) is 2.61. The van der Waals surface area contributed by atoms with E-state index in [1.807, 2.05) is 17.0 Å². The molecule has 0 spiro atoms. The number of aliphatic imine (C=N–C) groups is 1. The van der Waals surface area contributed by atoms with Crippen molar-refractivity contribution < 1.29 is 13.9 Å². The minimum Gasteiger partial charge on any atom is -0.493 e. The Morgan fingerprint density at radius 2 is 1.83 bits per heavy atom. The van der Waals surface area contributed by atoms with Gasteiger partial charge in [-0.3, -0.25) is 4.79 Å². The number of benzene rings is 1. The molecule has 0 saturated carbocycles. The number of ether oxygens (including phenoxy) is 1. The Morgan fingerprint density at radius 3 is 2.43 bits per heavy atom. The average Bonchev–Trinajstić information content (AvgIpc) is 3.30. The summed E-state index contributed by atoms with van der Waals surface area (Å²) < 4.78 is 11.0. The minimum atomic E-state index is -0.0543. The Bertz CT molecular complexity index is 807. The van der Waals surface area contributed by atoms with E-state index in [1.165, 1.54) is 6.26 Å². The van der Waals surface area contributed by atoms with Crippen molar-refractivity contribution in [3.05, 3.63) is 54.0 Å². The molecule has 0 aliphatic carbocycles. The van der Waals surface area contributed by atoms with Crippen LogP contribution >= 0.6 is 0 Å². The summed E-state index contributed by atoms with van der Waals surface area (Å²) >= 11 is 0. The van der Waals surface area contributed by atoms with Crippen molar-refractivity contribution in [1.82, 2.24) is 15.1 Å². The first kappa shape index (κ1) is 21.7. The van der Waals surface area contributed by atoms with Gasteiger partial charge in [0.05, 0.1) is 19.4 Å². The molecule has 1 aliphatic rings. The van der Waals surface area contributed by atoms with Crippen LogP contribution in [0.4, 0.5) is 0 Å². The predicted octanol–water partition coefficient (Wildman–Crippen LogP) is 3.24. The summed E-state index contributed by atoms with van der Waals surface area (Å²) in [4.78, 5) is 21.3. The summed E-state index contributed by atoms with van der Waals surface area (Å²) in [6.45, 7) is 11.2. The maximum atomic E-state index is 12.4. The molecule has 1 saturated heterocycles. The van der Waals surface area contributed by atoms with Crippen LogP contribution in [0.2, 0.25) is 0 Å². The van der Waals surface area contributed by atoms with Gasteiger partial charge >= 0.3 is 0 Å². The third-order valence-electron chi connectivity index (χ3n) is 4.85. The maximum absolute atomic E-state index is 12.4. The molecular formula is C23H32N4O3. The summed E-state index contributed by atoms with van der Waals surface area (Å²) in [5, 5.41) is 3.37. The highest BCUT2D eigenvalue weighted by Crippen LogP contribution is 2.14. The van der Waals surface area contributed by atoms with Gasteiger partial charge in [0, 0.05) is 32.7 Å². The lowest BCUT2D eigenvalue weighted by Gasteiger charge is -2.36. The third kappa shape index (κ3) is 6.02. The second-order valence-corrected chi connectivity index (χ2v) is 7.78. The van der Waals surface area contributed by atoms with Crippen LogP contribution in [0.1, 0.15) is 36.9 Å². The average molecular weight is 413 g/mol. The Kier molecular flexibility index (Phi) is 7.76. The van der Waals surface area contributed by atoms with E-state index in [2.05, 4.69) is 43.1 Å². The summed E-state index contributed by atoms with van der Waals surface area (Å²) in [6, 6.07) is 11.6. The third-order valence-corrected chi connectivity index (χ3v) is 4.85. The van der Waals surface area contributed by atoms with Crippen molar-refractivity contribution in [3.63, 3.8) is 0 Å². The molecule has 0 atom stereocenters. The number of carbonyl (C=O) groups excluding carboxylic acids is 1. The number of hydrogen-bond donors (Lipinski definition) is 1. The number of hydrogen-bond acceptors (Lipinski definition) is 4. The minimum absolute atomic E-state index is 0.0543. The van der Waals surface area contributed by atoms with E-state index in [0.717, 1.165) is 43.5 Å². The van der Waals surface area contributed by atoms with Gasteiger partial charge in [-0.15, -0.1) is 0 Å². The highest BCUT2D eigenvalue weighted by atomic mass is 16.5. The molecule has 1 amide bonds. The molecule has 1 aromatic heterocycles. The second-order valence-electron chi connectivity index (χ2n) is 7.78. The second kappa shape index (κ2) is 10.7. The molecule has 3 rings (SSSR count). The lowest BCUT2D eigenvalue weighted by atomic mass is 10.2. The zero-order chi connectivity index (χ0) is 21.3. The molecule has 7 heteroatoms. The first-order valence-corrected chi connectivity index (χ1v) is 10.6. The van der Waals surface area contributed by atoms with Crippen molar-refractivity contribution in [2.24, 2.45) is 10.9 Å². The monoisotopic (exact) mass is 412 g/mol. The number of guanidine groups is 1. The number of rotatable bonds is 7. The highest BCUT2D eigenvalue weighted by molar-refractivity contribution is 5.91. The molecular weight excluding hydrogens is 380 g/mol. The SMILES string of the molecule is CCNC(=NCc1ccc(OCC(C)C)cc1)N1CCN(C(=O)c2ccco2)CC1. The van der Waals surface area contributed by atoms with Crippen molar-refractivity contribution in [2.45, 2.75) is 27.3 Å². The number of amides is 1. The first-order chi connectivity index (χ1) is 14.6. The molecule has 1 N–H and O–H groups in total. The van der Waals surface area contributed by atoms with Crippen LogP contribution in [0.5, 0.6) is 5.75 Å². The summed E-state index contributed by atoms with van der Waals surface area (Å²) in [7, 11) is 0. The molecule has 0 radical (unpaired) electrons. The predicted molar refractivity (Wildman–Crippen MR) is 118 cm³/mol. The van der Waals surface area contributed by atoms with E-state index in [-0.39, 0.29) is 5.91 Å². The Labute approximate surface area is 178 Å². The number of piperazine rings is 1. The van der Waals surface area contributed by atoms with Gasteiger partial charge in [0.1, 0.15) is 5.75 Å². The van der Waals surface area contributed by atoms with Crippen LogP contribution < -0.4 is 10.1 Å². The van der Waals surface area contributed by atoms with E-state index in [0.29, 0.717) is 31.3 Å². The fraction of sp³-hybridized carbons (Fsp3) is 0.478. The molecule has 7 nitrogen and oxygen atoms in total. The van der Waals surface area contributed by atoms with E-state index >= 15 is 0 Å². The van der Waals surface area contributed by atoms with Gasteiger partial charge in [0.25, 0.3) is 5.91 Å². The molecule has 0 unspecified atom stereocenters. The largest absolute Gasteiger partial charge is 0.493 e. The standard InChI is InChI=1S/C23H32N4O3/c1-4-24-23(25-16-19-7-9-20(10-8-19)30-17-18(2)3)27-13-11-26(12-14-27)22(28)21-6-5-15-29-21/h5-10,15,18H,4,11-14,16-17H2,1-3H3,(H,24,25). The van der Waals surface area contributed by atoms with Crippen molar-refractivity contribution in [3.8, 4) is 5.75 Å². The van der Waals surface area contributed by atoms with Gasteiger partial charge in [-0.2, -0.15) is 0 Å². The van der Waals surface area contributed by atoms with Crippen LogP contribution in [0.15, 0.2) is 52.1 Å². The van der Waals surface area contributed by atoms with Gasteiger partial charge in [0.15, 0.2) is 11.7 Å². The zero-order valence-electron chi connectivity index (χ0n) is 18.1. The Hall–Kier alpha value is -2.96. The molecule has 0 bridgehead atoms. The Balaban J connectivity index is 1.55. The van der Waals surface area contributed by atoms with Gasteiger partial charge in [-0.25, -0.2) is 4.99 Å². The van der Waals surface area contributed by atoms with E-state index in [1.54, 1.807) is 12.1 Å². The van der Waals surface area contributed by atoms with Gasteiger partial charge in [-0.1, -0.05) is 26.0 Å². The number of carbonyl (C=O) groups is 1. The highest BCUT2D eigenvalue weighted by Gasteiger charge is 2.25. The van der Waals surface area contributed by atoms with E-state index in [9.17, 15) is 4.79 Å². The lowest BCUT2D eigenvalue weighted by Crippen LogP contribution is -2.53. The van der Waals surface area contributed by atoms with Crippen LogP contribution in [-0.2, 0) is 6.54 Å². The topological polar surface area (TPSA) is 70.3 Å². The fourth-order valence-electron chi connectivity index (χ4n) is 3.22. The number of nitrogens with one attached hydrogen (secondary N) is 1. The normalized spacial score (nSPS) is 14.9. The van der Waals surface area contributed by atoms with Gasteiger partial charge in [0.2, 0.25) is 0 Å². The van der Waals surface area contributed by atoms with Gasteiger partial charge in [-0.05, 0) is 42.7 Å². The maximum Gasteiger partial charge on any atom is 0.289 e. The van der Waals surface area contributed by atoms with Gasteiger partial charge < -0.3 is 24.3 Å². The Morgan fingerprint density at radius 1 is 1.13 bits per heavy atom. The summed E-state index contributed by atoms with van der Waals surface area (Å²) in [5.41, 5.74) is 1.13.